The van der Waals surface area contributed by atoms with Gasteiger partial charge in [-0.3, -0.25) is 9.00 Å². The van der Waals surface area contributed by atoms with Crippen LogP contribution in [0.5, 0.6) is 0 Å². The standard InChI is InChI=1S/C16H13FN4O2S/c1-24(23)15-5-3-2-4-13(15)19-16(22)14-10-18-21(20-14)12-8-6-11(17)7-9-12/h2-10H,1H3,(H,19,22)/t24-/m1/s1. The highest BCUT2D eigenvalue weighted by molar-refractivity contribution is 7.84. The molecule has 24 heavy (non-hydrogen) atoms. The van der Waals surface area contributed by atoms with Crippen LogP contribution in [-0.2, 0) is 10.8 Å². The van der Waals surface area contributed by atoms with E-state index in [0.29, 0.717) is 16.3 Å². The van der Waals surface area contributed by atoms with Gasteiger partial charge < -0.3 is 5.32 Å². The van der Waals surface area contributed by atoms with Gasteiger partial charge in [0.2, 0.25) is 0 Å². The predicted molar refractivity (Wildman–Crippen MR) is 88.0 cm³/mol. The first kappa shape index (κ1) is 16.0. The summed E-state index contributed by atoms with van der Waals surface area (Å²) in [4.78, 5) is 14.1. The molecule has 3 aromatic rings. The molecule has 1 atom stereocenters. The summed E-state index contributed by atoms with van der Waals surface area (Å²) in [5.41, 5.74) is 1.08. The molecule has 0 aliphatic rings. The molecule has 0 fully saturated rings. The molecule has 0 aliphatic heterocycles. The van der Waals surface area contributed by atoms with Crippen molar-refractivity contribution in [1.82, 2.24) is 15.0 Å². The SMILES string of the molecule is C[S@@](=O)c1ccccc1NC(=O)c1cnn(-c2ccc(F)cc2)n1. The summed E-state index contributed by atoms with van der Waals surface area (Å²) in [6.07, 6.45) is 2.85. The quantitative estimate of drug-likeness (QED) is 0.788. The Morgan fingerprint density at radius 2 is 1.88 bits per heavy atom. The molecule has 1 amide bonds. The maximum absolute atomic E-state index is 12.9. The number of para-hydroxylation sites is 1. The van der Waals surface area contributed by atoms with Gasteiger partial charge in [-0.25, -0.2) is 4.39 Å². The van der Waals surface area contributed by atoms with Crippen molar-refractivity contribution in [2.75, 3.05) is 11.6 Å². The van der Waals surface area contributed by atoms with Crippen LogP contribution < -0.4 is 5.32 Å². The zero-order valence-electron chi connectivity index (χ0n) is 12.6. The summed E-state index contributed by atoms with van der Waals surface area (Å²) in [7, 11) is -1.23. The highest BCUT2D eigenvalue weighted by Gasteiger charge is 2.14. The first-order chi connectivity index (χ1) is 11.5. The second-order valence-corrected chi connectivity index (χ2v) is 6.25. The molecule has 1 aromatic heterocycles. The highest BCUT2D eigenvalue weighted by atomic mass is 32.2. The van der Waals surface area contributed by atoms with E-state index in [-0.39, 0.29) is 11.5 Å². The number of halogens is 1. The third kappa shape index (κ3) is 3.38. The van der Waals surface area contributed by atoms with Crippen molar-refractivity contribution in [3.8, 4) is 5.69 Å². The molecule has 8 heteroatoms. The zero-order chi connectivity index (χ0) is 17.1. The lowest BCUT2D eigenvalue weighted by Gasteiger charge is -2.07. The number of nitrogens with one attached hydrogen (secondary N) is 1. The van der Waals surface area contributed by atoms with Crippen molar-refractivity contribution < 1.29 is 13.4 Å². The van der Waals surface area contributed by atoms with Crippen LogP contribution in [0.2, 0.25) is 0 Å². The van der Waals surface area contributed by atoms with Crippen molar-refractivity contribution in [3.63, 3.8) is 0 Å². The van der Waals surface area contributed by atoms with E-state index in [2.05, 4.69) is 15.5 Å². The zero-order valence-corrected chi connectivity index (χ0v) is 13.5. The van der Waals surface area contributed by atoms with E-state index in [1.165, 1.54) is 41.5 Å². The summed E-state index contributed by atoms with van der Waals surface area (Å²) in [6.45, 7) is 0. The summed E-state index contributed by atoms with van der Waals surface area (Å²) in [5, 5.41) is 10.7. The van der Waals surface area contributed by atoms with Gasteiger partial charge >= 0.3 is 0 Å². The number of hydrogen-bond acceptors (Lipinski definition) is 4. The molecule has 122 valence electrons. The van der Waals surface area contributed by atoms with Gasteiger partial charge in [-0.1, -0.05) is 12.1 Å². The van der Waals surface area contributed by atoms with Gasteiger partial charge in [-0.2, -0.15) is 9.90 Å². The van der Waals surface area contributed by atoms with Crippen LogP contribution in [0, 0.1) is 5.82 Å². The van der Waals surface area contributed by atoms with E-state index < -0.39 is 16.7 Å². The molecular weight excluding hydrogens is 331 g/mol. The van der Waals surface area contributed by atoms with E-state index in [1.807, 2.05) is 0 Å². The van der Waals surface area contributed by atoms with Crippen LogP contribution in [0.1, 0.15) is 10.5 Å². The number of rotatable bonds is 4. The number of hydrogen-bond donors (Lipinski definition) is 1. The maximum Gasteiger partial charge on any atom is 0.277 e. The Bertz CT molecular complexity index is 908. The average molecular weight is 344 g/mol. The number of amides is 1. The molecular formula is C16H13FN4O2S. The van der Waals surface area contributed by atoms with Crippen LogP contribution in [0.4, 0.5) is 10.1 Å². The van der Waals surface area contributed by atoms with E-state index in [9.17, 15) is 13.4 Å². The smallest absolute Gasteiger partial charge is 0.277 e. The van der Waals surface area contributed by atoms with Gasteiger partial charge in [0.15, 0.2) is 5.69 Å². The normalized spacial score (nSPS) is 11.9. The van der Waals surface area contributed by atoms with Crippen LogP contribution in [0.25, 0.3) is 5.69 Å². The molecule has 0 unspecified atom stereocenters. The van der Waals surface area contributed by atoms with E-state index in [1.54, 1.807) is 24.3 Å². The second kappa shape index (κ2) is 6.71. The van der Waals surface area contributed by atoms with Gasteiger partial charge in [0.1, 0.15) is 5.82 Å². The summed E-state index contributed by atoms with van der Waals surface area (Å²) in [6, 6.07) is 12.4. The van der Waals surface area contributed by atoms with Crippen LogP contribution in [-0.4, -0.2) is 31.4 Å². The first-order valence-electron chi connectivity index (χ1n) is 6.96. The molecule has 1 N–H and O–H groups in total. The van der Waals surface area contributed by atoms with Crippen molar-refractivity contribution in [3.05, 3.63) is 66.2 Å². The van der Waals surface area contributed by atoms with Gasteiger partial charge in [0, 0.05) is 6.26 Å². The molecule has 0 radical (unpaired) electrons. The maximum atomic E-state index is 12.9. The predicted octanol–water partition coefficient (Wildman–Crippen LogP) is 2.40. The number of benzene rings is 2. The number of aromatic nitrogens is 3. The minimum absolute atomic E-state index is 0.0935. The molecule has 0 spiro atoms. The Balaban J connectivity index is 1.82. The lowest BCUT2D eigenvalue weighted by Crippen LogP contribution is -2.14. The largest absolute Gasteiger partial charge is 0.319 e. The van der Waals surface area contributed by atoms with Crippen molar-refractivity contribution in [1.29, 1.82) is 0 Å². The fraction of sp³-hybridized carbons (Fsp3) is 0.0625. The fourth-order valence-corrected chi connectivity index (χ4v) is 2.77. The number of anilines is 1. The minimum Gasteiger partial charge on any atom is -0.319 e. The molecule has 0 saturated heterocycles. The Hall–Kier alpha value is -2.87. The second-order valence-electron chi connectivity index (χ2n) is 4.90. The molecule has 6 nitrogen and oxygen atoms in total. The lowest BCUT2D eigenvalue weighted by molar-refractivity contribution is 0.102. The summed E-state index contributed by atoms with van der Waals surface area (Å²) in [5.74, 6) is -0.839. The number of carbonyl (C=O) groups is 1. The average Bonchev–Trinajstić information content (AvgIpc) is 3.06. The van der Waals surface area contributed by atoms with Crippen molar-refractivity contribution in [2.45, 2.75) is 4.90 Å². The minimum atomic E-state index is -1.23. The monoisotopic (exact) mass is 344 g/mol. The molecule has 0 aliphatic carbocycles. The summed E-state index contributed by atoms with van der Waals surface area (Å²) < 4.78 is 24.6. The Morgan fingerprint density at radius 3 is 2.58 bits per heavy atom. The fourth-order valence-electron chi connectivity index (χ4n) is 2.07. The molecule has 0 saturated carbocycles. The van der Waals surface area contributed by atoms with Gasteiger partial charge in [0.05, 0.1) is 33.3 Å². The van der Waals surface area contributed by atoms with Crippen LogP contribution in [0.15, 0.2) is 59.6 Å². The lowest BCUT2D eigenvalue weighted by atomic mass is 10.3. The molecule has 0 bridgehead atoms. The van der Waals surface area contributed by atoms with E-state index >= 15 is 0 Å². The van der Waals surface area contributed by atoms with E-state index in [4.69, 9.17) is 0 Å². The van der Waals surface area contributed by atoms with Crippen molar-refractivity contribution in [2.24, 2.45) is 0 Å². The van der Waals surface area contributed by atoms with Gasteiger partial charge in [-0.05, 0) is 36.4 Å². The molecule has 3 rings (SSSR count). The number of nitrogens with zero attached hydrogens (tertiary/aromatic N) is 3. The molecule has 2 aromatic carbocycles. The first-order valence-corrected chi connectivity index (χ1v) is 8.52. The topological polar surface area (TPSA) is 76.9 Å². The third-order valence-corrected chi connectivity index (χ3v) is 4.20. The van der Waals surface area contributed by atoms with E-state index in [0.717, 1.165) is 0 Å². The number of carbonyl (C=O) groups excluding carboxylic acids is 1. The van der Waals surface area contributed by atoms with Crippen LogP contribution in [0.3, 0.4) is 0 Å². The summed E-state index contributed by atoms with van der Waals surface area (Å²) >= 11 is 0. The Kier molecular flexibility index (Phi) is 4.48. The Labute approximate surface area is 139 Å². The third-order valence-electron chi connectivity index (χ3n) is 3.23. The Morgan fingerprint density at radius 1 is 1.17 bits per heavy atom. The highest BCUT2D eigenvalue weighted by Crippen LogP contribution is 2.19. The molecule has 1 heterocycles. The van der Waals surface area contributed by atoms with Gasteiger partial charge in [0.25, 0.3) is 5.91 Å². The van der Waals surface area contributed by atoms with Crippen molar-refractivity contribution >= 4 is 22.4 Å². The van der Waals surface area contributed by atoms with Crippen LogP contribution >= 0.6 is 0 Å². The van der Waals surface area contributed by atoms with Gasteiger partial charge in [-0.15, -0.1) is 5.10 Å².